The van der Waals surface area contributed by atoms with Gasteiger partial charge in [0.15, 0.2) is 0 Å². The summed E-state index contributed by atoms with van der Waals surface area (Å²) in [6.45, 7) is 8.33. The Labute approximate surface area is 103 Å². The number of halogens is 1. The second kappa shape index (κ2) is 6.61. The molecule has 1 saturated heterocycles. The molecule has 90 valence electrons. The molecule has 1 aliphatic rings. The first-order valence-corrected chi connectivity index (χ1v) is 6.10. The van der Waals surface area contributed by atoms with Crippen LogP contribution < -0.4 is 10.6 Å². The van der Waals surface area contributed by atoms with E-state index >= 15 is 0 Å². The molecule has 3 nitrogen and oxygen atoms in total. The zero-order valence-corrected chi connectivity index (χ0v) is 11.3. The molecular weight excluding hydrogens is 232 g/mol. The van der Waals surface area contributed by atoms with Crippen molar-refractivity contribution in [1.29, 1.82) is 0 Å². The van der Waals surface area contributed by atoms with Crippen molar-refractivity contribution < 1.29 is 4.79 Å². The van der Waals surface area contributed by atoms with Gasteiger partial charge >= 0.3 is 0 Å². The second-order valence-corrected chi connectivity index (χ2v) is 6.46. The number of amides is 1. The summed E-state index contributed by atoms with van der Waals surface area (Å²) in [5, 5.41) is 6.26. The quantitative estimate of drug-likeness (QED) is 0.798. The highest BCUT2D eigenvalue weighted by Crippen LogP contribution is 2.22. The monoisotopic (exact) mass is 252 g/mol. The fraction of sp³-hybridized carbons (Fsp3) is 0.900. The van der Waals surface area contributed by atoms with Crippen LogP contribution in [0.1, 0.15) is 27.2 Å². The molecule has 0 aromatic rings. The predicted molar refractivity (Wildman–Crippen MR) is 68.9 cm³/mol. The zero-order chi connectivity index (χ0) is 10.6. The number of hydrogen-bond donors (Lipinski definition) is 2. The normalized spacial score (nSPS) is 20.9. The van der Waals surface area contributed by atoms with Gasteiger partial charge < -0.3 is 10.6 Å². The van der Waals surface area contributed by atoms with Crippen molar-refractivity contribution in [1.82, 2.24) is 10.6 Å². The van der Waals surface area contributed by atoms with E-state index in [9.17, 15) is 4.79 Å². The van der Waals surface area contributed by atoms with Crippen molar-refractivity contribution >= 4 is 30.1 Å². The summed E-state index contributed by atoms with van der Waals surface area (Å²) < 4.78 is 0.172. The highest BCUT2D eigenvalue weighted by atomic mass is 35.5. The van der Waals surface area contributed by atoms with E-state index in [2.05, 4.69) is 31.4 Å². The molecule has 0 radical (unpaired) electrons. The first kappa shape index (κ1) is 15.1. The third kappa shape index (κ3) is 7.03. The summed E-state index contributed by atoms with van der Waals surface area (Å²) in [5.74, 6) is 0.735. The maximum atomic E-state index is 11.5. The van der Waals surface area contributed by atoms with E-state index in [0.29, 0.717) is 11.8 Å². The lowest BCUT2D eigenvalue weighted by Crippen LogP contribution is -2.37. The van der Waals surface area contributed by atoms with Gasteiger partial charge in [-0.1, -0.05) is 20.8 Å². The summed E-state index contributed by atoms with van der Waals surface area (Å²) in [5.41, 5.74) is 0. The van der Waals surface area contributed by atoms with Gasteiger partial charge in [-0.25, -0.2) is 0 Å². The minimum Gasteiger partial charge on any atom is -0.351 e. The molecule has 0 aliphatic carbocycles. The van der Waals surface area contributed by atoms with Crippen molar-refractivity contribution in [2.45, 2.75) is 38.0 Å². The Balaban J connectivity index is 0.00000196. The van der Waals surface area contributed by atoms with E-state index in [1.165, 1.54) is 0 Å². The SMILES string of the molecule is CC(C)(C)SCC(=O)NC1CCNC1.Cl. The first-order chi connectivity index (χ1) is 6.47. The summed E-state index contributed by atoms with van der Waals surface area (Å²) in [6, 6.07) is 0.350. The van der Waals surface area contributed by atoms with Crippen LogP contribution in [0.2, 0.25) is 0 Å². The van der Waals surface area contributed by atoms with Gasteiger partial charge in [-0.3, -0.25) is 4.79 Å². The van der Waals surface area contributed by atoms with Gasteiger partial charge in [0.1, 0.15) is 0 Å². The molecule has 0 spiro atoms. The molecule has 1 aliphatic heterocycles. The van der Waals surface area contributed by atoms with Crippen LogP contribution in [0, 0.1) is 0 Å². The van der Waals surface area contributed by atoms with Gasteiger partial charge in [-0.2, -0.15) is 0 Å². The smallest absolute Gasteiger partial charge is 0.230 e. The van der Waals surface area contributed by atoms with Crippen molar-refractivity contribution in [3.05, 3.63) is 0 Å². The van der Waals surface area contributed by atoms with Gasteiger partial charge in [-0.15, -0.1) is 24.2 Å². The Morgan fingerprint density at radius 1 is 1.53 bits per heavy atom. The Kier molecular flexibility index (Phi) is 6.64. The Morgan fingerprint density at radius 3 is 2.67 bits per heavy atom. The summed E-state index contributed by atoms with van der Waals surface area (Å²) in [7, 11) is 0. The second-order valence-electron chi connectivity index (χ2n) is 4.66. The molecule has 1 heterocycles. The molecule has 0 saturated carbocycles. The third-order valence-electron chi connectivity index (χ3n) is 2.06. The van der Waals surface area contributed by atoms with Crippen LogP contribution in [0.3, 0.4) is 0 Å². The molecule has 0 bridgehead atoms. The average molecular weight is 253 g/mol. The molecule has 1 fully saturated rings. The topological polar surface area (TPSA) is 41.1 Å². The number of nitrogens with one attached hydrogen (secondary N) is 2. The maximum absolute atomic E-state index is 11.5. The van der Waals surface area contributed by atoms with Gasteiger partial charge in [0.05, 0.1) is 5.75 Å². The van der Waals surface area contributed by atoms with Crippen LogP contribution in [0.5, 0.6) is 0 Å². The van der Waals surface area contributed by atoms with Gasteiger partial charge in [0, 0.05) is 17.3 Å². The Morgan fingerprint density at radius 2 is 2.20 bits per heavy atom. The highest BCUT2D eigenvalue weighted by Gasteiger charge is 2.18. The minimum absolute atomic E-state index is 0. The molecule has 2 N–H and O–H groups in total. The minimum atomic E-state index is 0. The number of hydrogen-bond acceptors (Lipinski definition) is 3. The van der Waals surface area contributed by atoms with E-state index in [1.54, 1.807) is 11.8 Å². The average Bonchev–Trinajstić information content (AvgIpc) is 2.52. The van der Waals surface area contributed by atoms with Crippen LogP contribution >= 0.6 is 24.2 Å². The lowest BCUT2D eigenvalue weighted by molar-refractivity contribution is -0.119. The fourth-order valence-corrected chi connectivity index (χ4v) is 1.98. The summed E-state index contributed by atoms with van der Waals surface area (Å²) >= 11 is 1.69. The van der Waals surface area contributed by atoms with Crippen LogP contribution in [0.15, 0.2) is 0 Å². The Hall–Kier alpha value is 0.0700. The Bertz CT molecular complexity index is 200. The highest BCUT2D eigenvalue weighted by molar-refractivity contribution is 8.01. The third-order valence-corrected chi connectivity index (χ3v) is 3.33. The first-order valence-electron chi connectivity index (χ1n) is 5.11. The van der Waals surface area contributed by atoms with Gasteiger partial charge in [0.2, 0.25) is 5.91 Å². The van der Waals surface area contributed by atoms with Crippen molar-refractivity contribution in [2.24, 2.45) is 0 Å². The molecule has 15 heavy (non-hydrogen) atoms. The molecule has 1 atom stereocenters. The largest absolute Gasteiger partial charge is 0.351 e. The molecule has 0 aromatic carbocycles. The fourth-order valence-electron chi connectivity index (χ4n) is 1.33. The van der Waals surface area contributed by atoms with Crippen LogP contribution in [-0.4, -0.2) is 35.5 Å². The molecule has 5 heteroatoms. The van der Waals surface area contributed by atoms with E-state index < -0.39 is 0 Å². The molecule has 1 rings (SSSR count). The number of thioether (sulfide) groups is 1. The van der Waals surface area contributed by atoms with Crippen molar-refractivity contribution in [3.63, 3.8) is 0 Å². The van der Waals surface area contributed by atoms with E-state index in [4.69, 9.17) is 0 Å². The van der Waals surface area contributed by atoms with Crippen molar-refractivity contribution in [2.75, 3.05) is 18.8 Å². The van der Waals surface area contributed by atoms with Gasteiger partial charge in [0.25, 0.3) is 0 Å². The van der Waals surface area contributed by atoms with Crippen LogP contribution in [-0.2, 0) is 4.79 Å². The van der Waals surface area contributed by atoms with Gasteiger partial charge in [-0.05, 0) is 13.0 Å². The molecule has 0 aromatic heterocycles. The molecule has 1 amide bonds. The standard InChI is InChI=1S/C10H20N2OS.ClH/c1-10(2,3)14-7-9(13)12-8-4-5-11-6-8;/h8,11H,4-7H2,1-3H3,(H,12,13);1H. The predicted octanol–water partition coefficient (Wildman–Crippen LogP) is 1.42. The van der Waals surface area contributed by atoms with E-state index in [1.807, 2.05) is 0 Å². The van der Waals surface area contributed by atoms with E-state index in [0.717, 1.165) is 19.5 Å². The molecule has 1 unspecified atom stereocenters. The lowest BCUT2D eigenvalue weighted by Gasteiger charge is -2.18. The van der Waals surface area contributed by atoms with Crippen LogP contribution in [0.4, 0.5) is 0 Å². The summed E-state index contributed by atoms with van der Waals surface area (Å²) in [6.07, 6.45) is 1.06. The van der Waals surface area contributed by atoms with Crippen LogP contribution in [0.25, 0.3) is 0 Å². The summed E-state index contributed by atoms with van der Waals surface area (Å²) in [4.78, 5) is 11.5. The molecular formula is C10H21ClN2OS. The number of carbonyl (C=O) groups is 1. The number of carbonyl (C=O) groups excluding carboxylic acids is 1. The maximum Gasteiger partial charge on any atom is 0.230 e. The lowest BCUT2D eigenvalue weighted by atomic mass is 10.2. The van der Waals surface area contributed by atoms with E-state index in [-0.39, 0.29) is 23.1 Å². The number of rotatable bonds is 3. The van der Waals surface area contributed by atoms with Crippen molar-refractivity contribution in [3.8, 4) is 0 Å². The zero-order valence-electron chi connectivity index (χ0n) is 9.63.